The second-order valence-electron chi connectivity index (χ2n) is 4.10. The van der Waals surface area contributed by atoms with Crippen LogP contribution in [0.1, 0.15) is 20.3 Å². The van der Waals surface area contributed by atoms with Crippen molar-refractivity contribution in [1.29, 1.82) is 0 Å². The minimum Gasteiger partial charge on any atom is -0.379 e. The Morgan fingerprint density at radius 1 is 1.33 bits per heavy atom. The lowest BCUT2D eigenvalue weighted by molar-refractivity contribution is 0.0778. The molecule has 1 rings (SSSR count). The molecule has 1 aromatic rings. The first kappa shape index (κ1) is 15.1. The molecule has 0 fully saturated rings. The molecule has 0 unspecified atom stereocenters. The van der Waals surface area contributed by atoms with Crippen molar-refractivity contribution in [2.45, 2.75) is 31.3 Å². The summed E-state index contributed by atoms with van der Waals surface area (Å²) >= 11 is 0. The van der Waals surface area contributed by atoms with E-state index in [-0.39, 0.29) is 17.5 Å². The lowest BCUT2D eigenvalue weighted by Crippen LogP contribution is -2.26. The van der Waals surface area contributed by atoms with Gasteiger partial charge in [-0.1, -0.05) is 12.1 Å². The predicted molar refractivity (Wildman–Crippen MR) is 67.3 cm³/mol. The minimum absolute atomic E-state index is 0.119. The smallest absolute Gasteiger partial charge is 0.243 e. The molecule has 0 bridgehead atoms. The van der Waals surface area contributed by atoms with E-state index in [0.29, 0.717) is 13.0 Å². The quantitative estimate of drug-likeness (QED) is 0.773. The summed E-state index contributed by atoms with van der Waals surface area (Å²) < 4.78 is 44.5. The van der Waals surface area contributed by atoms with Crippen LogP contribution in [0.5, 0.6) is 0 Å². The van der Waals surface area contributed by atoms with Gasteiger partial charge in [0, 0.05) is 13.2 Å². The molecular formula is C12H18FNO3S. The molecule has 0 heterocycles. The average molecular weight is 275 g/mol. The van der Waals surface area contributed by atoms with Crippen LogP contribution in [0, 0.1) is 5.82 Å². The Balaban J connectivity index is 2.49. The van der Waals surface area contributed by atoms with Gasteiger partial charge in [0.25, 0.3) is 0 Å². The van der Waals surface area contributed by atoms with Crippen LogP contribution in [0.2, 0.25) is 0 Å². The number of benzene rings is 1. The maximum absolute atomic E-state index is 13.3. The maximum atomic E-state index is 13.3. The zero-order valence-corrected chi connectivity index (χ0v) is 11.3. The second-order valence-corrected chi connectivity index (χ2v) is 5.84. The van der Waals surface area contributed by atoms with E-state index in [0.717, 1.165) is 6.07 Å². The van der Waals surface area contributed by atoms with Crippen LogP contribution in [0.4, 0.5) is 4.39 Å². The molecule has 18 heavy (non-hydrogen) atoms. The largest absolute Gasteiger partial charge is 0.379 e. The van der Waals surface area contributed by atoms with E-state index in [4.69, 9.17) is 4.74 Å². The summed E-state index contributed by atoms with van der Waals surface area (Å²) in [6.45, 7) is 4.51. The van der Waals surface area contributed by atoms with Gasteiger partial charge in [-0.15, -0.1) is 0 Å². The van der Waals surface area contributed by atoms with E-state index in [1.807, 2.05) is 13.8 Å². The van der Waals surface area contributed by atoms with Crippen LogP contribution >= 0.6 is 0 Å². The number of ether oxygens (including phenoxy) is 1. The summed E-state index contributed by atoms with van der Waals surface area (Å²) in [6.07, 6.45) is 0.666. The van der Waals surface area contributed by atoms with Crippen molar-refractivity contribution in [3.63, 3.8) is 0 Å². The molecule has 1 aromatic carbocycles. The molecule has 0 saturated heterocycles. The van der Waals surface area contributed by atoms with Crippen LogP contribution in [0.3, 0.4) is 0 Å². The lowest BCUT2D eigenvalue weighted by atomic mass is 10.4. The Morgan fingerprint density at radius 3 is 2.61 bits per heavy atom. The monoisotopic (exact) mass is 275 g/mol. The van der Waals surface area contributed by atoms with Crippen molar-refractivity contribution in [2.24, 2.45) is 0 Å². The van der Waals surface area contributed by atoms with Gasteiger partial charge in [-0.05, 0) is 32.4 Å². The molecular weight excluding hydrogens is 257 g/mol. The Kier molecular flexibility index (Phi) is 5.71. The van der Waals surface area contributed by atoms with Gasteiger partial charge < -0.3 is 4.74 Å². The highest BCUT2D eigenvalue weighted by Gasteiger charge is 2.17. The molecule has 0 aliphatic carbocycles. The van der Waals surface area contributed by atoms with Gasteiger partial charge in [-0.3, -0.25) is 0 Å². The molecule has 0 aliphatic heterocycles. The Morgan fingerprint density at radius 2 is 2.00 bits per heavy atom. The van der Waals surface area contributed by atoms with Crippen LogP contribution in [0.15, 0.2) is 29.2 Å². The average Bonchev–Trinajstić information content (AvgIpc) is 2.28. The van der Waals surface area contributed by atoms with Gasteiger partial charge in [0.15, 0.2) is 0 Å². The van der Waals surface area contributed by atoms with Crippen molar-refractivity contribution < 1.29 is 17.5 Å². The number of sulfonamides is 1. The van der Waals surface area contributed by atoms with Gasteiger partial charge in [-0.25, -0.2) is 17.5 Å². The molecule has 102 valence electrons. The number of halogens is 1. The summed E-state index contributed by atoms with van der Waals surface area (Å²) in [6, 6.07) is 5.29. The molecule has 0 radical (unpaired) electrons. The Labute approximate surface area is 107 Å². The summed E-state index contributed by atoms with van der Waals surface area (Å²) in [5, 5.41) is 0. The second kappa shape index (κ2) is 6.82. The SMILES string of the molecule is CC(C)OCCCNS(=O)(=O)c1ccccc1F. The van der Waals surface area contributed by atoms with E-state index in [1.165, 1.54) is 18.2 Å². The molecule has 0 amide bonds. The van der Waals surface area contributed by atoms with Gasteiger partial charge in [-0.2, -0.15) is 0 Å². The first-order chi connectivity index (χ1) is 8.43. The highest BCUT2D eigenvalue weighted by molar-refractivity contribution is 7.89. The highest BCUT2D eigenvalue weighted by Crippen LogP contribution is 2.12. The molecule has 0 atom stereocenters. The van der Waals surface area contributed by atoms with Crippen LogP contribution < -0.4 is 4.72 Å². The van der Waals surface area contributed by atoms with Crippen molar-refractivity contribution in [3.8, 4) is 0 Å². The first-order valence-corrected chi connectivity index (χ1v) is 7.27. The third-order valence-corrected chi connectivity index (χ3v) is 3.68. The zero-order valence-electron chi connectivity index (χ0n) is 10.5. The third-order valence-electron chi connectivity index (χ3n) is 2.19. The van der Waals surface area contributed by atoms with E-state index >= 15 is 0 Å². The molecule has 0 spiro atoms. The molecule has 1 N–H and O–H groups in total. The fourth-order valence-corrected chi connectivity index (χ4v) is 2.49. The van der Waals surface area contributed by atoms with Gasteiger partial charge >= 0.3 is 0 Å². The molecule has 0 aliphatic rings. The van der Waals surface area contributed by atoms with Gasteiger partial charge in [0.05, 0.1) is 6.10 Å². The first-order valence-electron chi connectivity index (χ1n) is 5.79. The summed E-state index contributed by atoms with van der Waals surface area (Å²) in [7, 11) is -3.77. The number of hydrogen-bond donors (Lipinski definition) is 1. The minimum atomic E-state index is -3.77. The van der Waals surface area contributed by atoms with Gasteiger partial charge in [0.2, 0.25) is 10.0 Å². The third kappa shape index (κ3) is 4.72. The van der Waals surface area contributed by atoms with Crippen LogP contribution in [-0.2, 0) is 14.8 Å². The lowest BCUT2D eigenvalue weighted by Gasteiger charge is -2.09. The number of hydrogen-bond acceptors (Lipinski definition) is 3. The Bertz CT molecular complexity index is 474. The maximum Gasteiger partial charge on any atom is 0.243 e. The number of rotatable bonds is 7. The number of nitrogens with one attached hydrogen (secondary N) is 1. The van der Waals surface area contributed by atoms with E-state index < -0.39 is 15.8 Å². The Hall–Kier alpha value is -0.980. The van der Waals surface area contributed by atoms with Crippen molar-refractivity contribution in [1.82, 2.24) is 4.72 Å². The van der Waals surface area contributed by atoms with Crippen LogP contribution in [0.25, 0.3) is 0 Å². The van der Waals surface area contributed by atoms with Crippen molar-refractivity contribution in [3.05, 3.63) is 30.1 Å². The van der Waals surface area contributed by atoms with E-state index in [2.05, 4.69) is 4.72 Å². The van der Waals surface area contributed by atoms with Crippen LogP contribution in [-0.4, -0.2) is 27.7 Å². The molecule has 4 nitrogen and oxygen atoms in total. The van der Waals surface area contributed by atoms with Crippen molar-refractivity contribution >= 4 is 10.0 Å². The summed E-state index contributed by atoms with van der Waals surface area (Å²) in [5.74, 6) is -0.747. The summed E-state index contributed by atoms with van der Waals surface area (Å²) in [5.41, 5.74) is 0. The highest BCUT2D eigenvalue weighted by atomic mass is 32.2. The normalized spacial score (nSPS) is 12.0. The summed E-state index contributed by atoms with van der Waals surface area (Å²) in [4.78, 5) is -0.324. The molecule has 0 saturated carbocycles. The fourth-order valence-electron chi connectivity index (χ4n) is 1.34. The fraction of sp³-hybridized carbons (Fsp3) is 0.500. The van der Waals surface area contributed by atoms with Crippen molar-refractivity contribution in [2.75, 3.05) is 13.2 Å². The molecule has 6 heteroatoms. The topological polar surface area (TPSA) is 55.4 Å². The van der Waals surface area contributed by atoms with E-state index in [9.17, 15) is 12.8 Å². The van der Waals surface area contributed by atoms with Gasteiger partial charge in [0.1, 0.15) is 10.7 Å². The standard InChI is InChI=1S/C12H18FNO3S/c1-10(2)17-9-5-8-14-18(15,16)12-7-4-3-6-11(12)13/h3-4,6-7,10,14H,5,8-9H2,1-2H3. The predicted octanol–water partition coefficient (Wildman–Crippen LogP) is 1.92. The zero-order chi connectivity index (χ0) is 13.6. The van der Waals surface area contributed by atoms with E-state index in [1.54, 1.807) is 0 Å². The molecule has 0 aromatic heterocycles.